The van der Waals surface area contributed by atoms with Gasteiger partial charge in [-0.05, 0) is 28.5 Å². The molecule has 3 N–H and O–H groups in total. The maximum absolute atomic E-state index is 11.1. The van der Waals surface area contributed by atoms with Gasteiger partial charge in [0.2, 0.25) is 5.75 Å². The Balaban J connectivity index is 1.63. The maximum atomic E-state index is 11.1. The van der Waals surface area contributed by atoms with Crippen LogP contribution in [0.15, 0.2) is 134 Å². The van der Waals surface area contributed by atoms with Crippen molar-refractivity contribution in [1.29, 1.82) is 0 Å². The second kappa shape index (κ2) is 13.9. The number of benzene rings is 4. The Hall–Kier alpha value is -4.30. The van der Waals surface area contributed by atoms with Crippen LogP contribution in [-0.4, -0.2) is 17.2 Å². The predicted octanol–water partition coefficient (Wildman–Crippen LogP) is 6.84. The quantitative estimate of drug-likeness (QED) is 0.0980. The van der Waals surface area contributed by atoms with Gasteiger partial charge in [0.1, 0.15) is 12.2 Å². The lowest BCUT2D eigenvalue weighted by Gasteiger charge is -2.24. The van der Waals surface area contributed by atoms with Crippen LogP contribution in [0.3, 0.4) is 0 Å². The predicted molar refractivity (Wildman–Crippen MR) is 161 cm³/mol. The van der Waals surface area contributed by atoms with E-state index in [-0.39, 0.29) is 0 Å². The number of hydrogen-bond acceptors (Lipinski definition) is 6. The van der Waals surface area contributed by atoms with E-state index in [1.54, 1.807) is 17.8 Å². The maximum Gasteiger partial charge on any atom is 0.269 e. The number of nitrogens with two attached hydrogens (primary N) is 1. The molecule has 0 bridgehead atoms. The third kappa shape index (κ3) is 6.89. The zero-order valence-electron chi connectivity index (χ0n) is 22.7. The molecule has 0 spiro atoms. The molecule has 0 fully saturated rings. The molecule has 0 saturated carbocycles. The molecule has 5 aromatic rings. The Morgan fingerprint density at radius 2 is 1.05 bits per heavy atom. The van der Waals surface area contributed by atoms with Crippen molar-refractivity contribution in [2.75, 3.05) is 12.0 Å². The monoisotopic (exact) mass is 565 g/mol. The first kappa shape index (κ1) is 28.2. The van der Waals surface area contributed by atoms with Crippen LogP contribution >= 0.6 is 11.8 Å². The van der Waals surface area contributed by atoms with Gasteiger partial charge in [-0.15, -0.1) is 0 Å². The summed E-state index contributed by atoms with van der Waals surface area (Å²) in [5, 5.41) is 11.1. The first-order valence-corrected chi connectivity index (χ1v) is 14.7. The lowest BCUT2D eigenvalue weighted by molar-refractivity contribution is -0.911. The lowest BCUT2D eigenvalue weighted by Crippen LogP contribution is -2.38. The summed E-state index contributed by atoms with van der Waals surface area (Å²) in [6.07, 6.45) is 2.01. The highest BCUT2D eigenvalue weighted by atomic mass is 32.2. The van der Waals surface area contributed by atoms with Crippen molar-refractivity contribution in [1.82, 2.24) is 0 Å². The minimum atomic E-state index is -0.572. The van der Waals surface area contributed by atoms with Crippen molar-refractivity contribution in [3.8, 4) is 11.5 Å². The smallest absolute Gasteiger partial charge is 0.269 e. The number of pyridine rings is 1. The van der Waals surface area contributed by atoms with Gasteiger partial charge in [-0.25, -0.2) is 5.90 Å². The summed E-state index contributed by atoms with van der Waals surface area (Å²) < 4.78 is 14.5. The fraction of sp³-hybridized carbons (Fsp3) is 0.147. The fourth-order valence-corrected chi connectivity index (χ4v) is 5.26. The number of ether oxygens (including phenoxy) is 2. The first-order valence-electron chi connectivity index (χ1n) is 13.3. The van der Waals surface area contributed by atoms with E-state index in [0.29, 0.717) is 22.9 Å². The zero-order chi connectivity index (χ0) is 28.4. The molecule has 0 saturated heterocycles. The minimum Gasteiger partial charge on any atom is -0.477 e. The summed E-state index contributed by atoms with van der Waals surface area (Å²) in [6, 6.07) is 41.7. The van der Waals surface area contributed by atoms with Crippen molar-refractivity contribution >= 4 is 11.8 Å². The molecule has 1 atom stereocenters. The second-order valence-corrected chi connectivity index (χ2v) is 10.4. The summed E-state index contributed by atoms with van der Waals surface area (Å²) in [4.78, 5) is 5.25. The Kier molecular flexibility index (Phi) is 9.54. The number of thioether (sulfide) groups is 1. The molecule has 1 aromatic heterocycles. The molecule has 0 amide bonds. The highest BCUT2D eigenvalue weighted by Gasteiger charge is 2.31. The largest absolute Gasteiger partial charge is 0.477 e. The summed E-state index contributed by atoms with van der Waals surface area (Å²) in [5.41, 5.74) is 4.33. The van der Waals surface area contributed by atoms with Crippen LogP contribution in [0.2, 0.25) is 0 Å². The topological polar surface area (TPSA) is 77.8 Å². The summed E-state index contributed by atoms with van der Waals surface area (Å²) >= 11 is 1.56. The zero-order valence-corrected chi connectivity index (χ0v) is 23.6. The van der Waals surface area contributed by atoms with E-state index >= 15 is 0 Å². The molecule has 1 unspecified atom stereocenters. The molecular weight excluding hydrogens is 532 g/mol. The van der Waals surface area contributed by atoms with Crippen LogP contribution < -0.4 is 20.1 Å². The van der Waals surface area contributed by atoms with Crippen LogP contribution in [0.5, 0.6) is 11.5 Å². The van der Waals surface area contributed by atoms with Gasteiger partial charge in [-0.1, -0.05) is 121 Å². The summed E-state index contributed by atoms with van der Waals surface area (Å²) in [5.74, 6) is 7.00. The molecule has 4 aromatic carbocycles. The van der Waals surface area contributed by atoms with E-state index in [1.807, 2.05) is 128 Å². The molecule has 7 heteroatoms. The van der Waals surface area contributed by atoms with Crippen molar-refractivity contribution in [2.24, 2.45) is 5.90 Å². The normalized spacial score (nSPS) is 11.9. The van der Waals surface area contributed by atoms with Gasteiger partial charge in [-0.3, -0.25) is 10.0 Å². The van der Waals surface area contributed by atoms with E-state index in [2.05, 4.69) is 0 Å². The molecule has 0 aliphatic heterocycles. The highest BCUT2D eigenvalue weighted by molar-refractivity contribution is 7.98. The molecule has 6 nitrogen and oxygen atoms in total. The van der Waals surface area contributed by atoms with Gasteiger partial charge in [0.25, 0.3) is 11.9 Å². The van der Waals surface area contributed by atoms with Crippen molar-refractivity contribution in [2.45, 2.75) is 18.3 Å². The van der Waals surface area contributed by atoms with E-state index in [9.17, 15) is 5.21 Å². The molecule has 1 heterocycles. The Morgan fingerprint density at radius 1 is 0.659 bits per heavy atom. The summed E-state index contributed by atoms with van der Waals surface area (Å²) in [7, 11) is 0. The number of aromatic nitrogens is 1. The van der Waals surface area contributed by atoms with Crippen molar-refractivity contribution in [3.05, 3.63) is 162 Å². The Bertz CT molecular complexity index is 1430. The van der Waals surface area contributed by atoms with Gasteiger partial charge in [0, 0.05) is 10.5 Å². The van der Waals surface area contributed by atoms with Crippen LogP contribution in [0.1, 0.15) is 46.3 Å². The minimum absolute atomic E-state index is 0.366. The van der Waals surface area contributed by atoms with Crippen LogP contribution in [0.4, 0.5) is 0 Å². The van der Waals surface area contributed by atoms with E-state index in [0.717, 1.165) is 27.0 Å². The third-order valence-corrected chi connectivity index (χ3v) is 7.37. The number of hydrogen-bond donors (Lipinski definition) is 2. The van der Waals surface area contributed by atoms with Gasteiger partial charge < -0.3 is 9.47 Å². The van der Waals surface area contributed by atoms with E-state index in [4.69, 9.17) is 20.2 Å². The van der Waals surface area contributed by atoms with Gasteiger partial charge >= 0.3 is 0 Å². The molecule has 5 rings (SSSR count). The highest BCUT2D eigenvalue weighted by Crippen LogP contribution is 2.39. The molecular formula is C34H33N2O4S+. The fourth-order valence-electron chi connectivity index (χ4n) is 4.71. The first-order chi connectivity index (χ1) is 20.2. The second-order valence-electron chi connectivity index (χ2n) is 9.49. The summed E-state index contributed by atoms with van der Waals surface area (Å²) in [6.45, 7) is 0. The number of rotatable bonds is 12. The molecule has 0 radical (unpaired) electrons. The lowest BCUT2D eigenvalue weighted by atomic mass is 10.0. The average Bonchev–Trinajstić information content (AvgIpc) is 3.04. The van der Waals surface area contributed by atoms with Gasteiger partial charge in [0.15, 0.2) is 11.9 Å². The Morgan fingerprint density at radius 3 is 1.41 bits per heavy atom. The van der Waals surface area contributed by atoms with Crippen molar-refractivity contribution in [3.63, 3.8) is 0 Å². The van der Waals surface area contributed by atoms with Gasteiger partial charge in [-0.2, -0.15) is 11.8 Å². The van der Waals surface area contributed by atoms with Gasteiger partial charge in [0.05, 0.1) is 6.07 Å². The molecule has 41 heavy (non-hydrogen) atoms. The number of nitrogens with zero attached hydrogens (tertiary/aromatic N) is 1. The molecule has 0 aliphatic carbocycles. The van der Waals surface area contributed by atoms with Crippen LogP contribution in [0, 0.1) is 0 Å². The molecule has 208 valence electrons. The Labute approximate surface area is 244 Å². The van der Waals surface area contributed by atoms with Crippen LogP contribution in [0.25, 0.3) is 0 Å². The molecule has 0 aliphatic rings. The standard InChI is InChI=1S/C34H33N2O4S/c1-41-24-32(40-35)29-22-30(38-33(25-14-6-2-7-15-25)26-16-8-3-9-17-26)31(23-36(29)37)39-34(27-18-10-4-11-19-27)28-20-12-5-13-21-28/h2-23,32-34,37H,24,35H2,1H3/q+1. The van der Waals surface area contributed by atoms with E-state index < -0.39 is 18.3 Å². The van der Waals surface area contributed by atoms with Crippen molar-refractivity contribution < 1.29 is 24.2 Å². The van der Waals surface area contributed by atoms with Crippen LogP contribution in [-0.2, 0) is 4.84 Å². The average molecular weight is 566 g/mol. The van der Waals surface area contributed by atoms with E-state index in [1.165, 1.54) is 6.20 Å². The SMILES string of the molecule is CSCC(ON)c1cc(OC(c2ccccc2)c2ccccc2)c(OC(c2ccccc2)c2ccccc2)c[n+]1O. The third-order valence-electron chi connectivity index (χ3n) is 6.74.